The van der Waals surface area contributed by atoms with Crippen LogP contribution in [0.4, 0.5) is 0 Å². The highest BCUT2D eigenvalue weighted by Gasteiger charge is 2.23. The van der Waals surface area contributed by atoms with Gasteiger partial charge in [-0.2, -0.15) is 0 Å². The molecule has 124 valence electrons. The van der Waals surface area contributed by atoms with Crippen LogP contribution in [0.15, 0.2) is 47.7 Å². The molecule has 0 aliphatic carbocycles. The van der Waals surface area contributed by atoms with Crippen molar-refractivity contribution in [2.75, 3.05) is 26.4 Å². The predicted molar refractivity (Wildman–Crippen MR) is 88.6 cm³/mol. The van der Waals surface area contributed by atoms with E-state index in [2.05, 4.69) is 25.1 Å². The van der Waals surface area contributed by atoms with Gasteiger partial charge in [-0.3, -0.25) is 0 Å². The first-order chi connectivity index (χ1) is 11.2. The maximum Gasteiger partial charge on any atom is 0.119 e. The highest BCUT2D eigenvalue weighted by Crippen LogP contribution is 2.17. The van der Waals surface area contributed by atoms with Crippen molar-refractivity contribution in [2.24, 2.45) is 0 Å². The van der Waals surface area contributed by atoms with Crippen LogP contribution >= 0.6 is 0 Å². The Kier molecular flexibility index (Phi) is 5.36. The van der Waals surface area contributed by atoms with Gasteiger partial charge in [-0.25, -0.2) is 0 Å². The highest BCUT2D eigenvalue weighted by molar-refractivity contribution is 5.30. The van der Waals surface area contributed by atoms with Gasteiger partial charge < -0.3 is 18.9 Å². The quantitative estimate of drug-likeness (QED) is 0.398. The minimum Gasteiger partial charge on any atom is -0.495 e. The Morgan fingerprint density at radius 2 is 1.70 bits per heavy atom. The zero-order valence-corrected chi connectivity index (χ0v) is 13.8. The van der Waals surface area contributed by atoms with Crippen molar-refractivity contribution in [3.63, 3.8) is 0 Å². The van der Waals surface area contributed by atoms with Crippen LogP contribution in [0.3, 0.4) is 0 Å². The second kappa shape index (κ2) is 7.66. The van der Waals surface area contributed by atoms with Crippen molar-refractivity contribution in [3.8, 4) is 5.75 Å². The molecule has 0 aromatic heterocycles. The average molecular weight is 316 g/mol. The smallest absolute Gasteiger partial charge is 0.119 e. The topological polar surface area (TPSA) is 43.5 Å². The van der Waals surface area contributed by atoms with E-state index in [1.165, 1.54) is 11.1 Å². The molecule has 0 saturated carbocycles. The number of allylic oxidation sites excluding steroid dienone is 4. The lowest BCUT2D eigenvalue weighted by Crippen LogP contribution is -2.03. The molecule has 0 amide bonds. The number of ether oxygens (including phenoxy) is 4. The van der Waals surface area contributed by atoms with Crippen LogP contribution in [0.5, 0.6) is 5.75 Å². The van der Waals surface area contributed by atoms with Crippen LogP contribution < -0.4 is 4.74 Å². The van der Waals surface area contributed by atoms with E-state index in [4.69, 9.17) is 18.9 Å². The lowest BCUT2D eigenvalue weighted by Gasteiger charge is -2.06. The largest absolute Gasteiger partial charge is 0.495 e. The van der Waals surface area contributed by atoms with Crippen LogP contribution in [0.1, 0.15) is 19.4 Å². The first-order valence-corrected chi connectivity index (χ1v) is 8.11. The minimum atomic E-state index is 0.295. The summed E-state index contributed by atoms with van der Waals surface area (Å²) in [7, 11) is 0. The van der Waals surface area contributed by atoms with Crippen LogP contribution in [0.25, 0.3) is 0 Å². The molecule has 2 unspecified atom stereocenters. The third-order valence-electron chi connectivity index (χ3n) is 3.75. The summed E-state index contributed by atoms with van der Waals surface area (Å²) in [6.45, 7) is 7.06. The van der Waals surface area contributed by atoms with Gasteiger partial charge in [0.2, 0.25) is 0 Å². The number of benzene rings is 1. The maximum absolute atomic E-state index is 5.64. The van der Waals surface area contributed by atoms with Crippen molar-refractivity contribution < 1.29 is 18.9 Å². The number of hydrogen-bond acceptors (Lipinski definition) is 4. The molecular formula is C19H24O4. The van der Waals surface area contributed by atoms with Crippen molar-refractivity contribution in [1.82, 2.24) is 0 Å². The third-order valence-corrected chi connectivity index (χ3v) is 3.75. The van der Waals surface area contributed by atoms with Crippen molar-refractivity contribution in [1.29, 1.82) is 0 Å². The molecule has 2 heterocycles. The Labute approximate surface area is 137 Å². The lowest BCUT2D eigenvalue weighted by atomic mass is 10.1. The fourth-order valence-electron chi connectivity index (χ4n) is 2.13. The minimum absolute atomic E-state index is 0.295. The molecule has 0 bridgehead atoms. The van der Waals surface area contributed by atoms with Crippen molar-refractivity contribution in [3.05, 3.63) is 53.3 Å². The summed E-state index contributed by atoms with van der Waals surface area (Å²) >= 11 is 0. The molecule has 2 atom stereocenters. The molecule has 2 saturated heterocycles. The normalized spacial score (nSPS) is 23.6. The average Bonchev–Trinajstić information content (AvgIpc) is 3.45. The molecule has 0 radical (unpaired) electrons. The van der Waals surface area contributed by atoms with Crippen LogP contribution in [-0.4, -0.2) is 38.6 Å². The number of rotatable bonds is 9. The van der Waals surface area contributed by atoms with E-state index in [0.717, 1.165) is 31.1 Å². The molecule has 0 spiro atoms. The van der Waals surface area contributed by atoms with Gasteiger partial charge in [0, 0.05) is 0 Å². The fourth-order valence-corrected chi connectivity index (χ4v) is 2.13. The molecule has 1 aromatic carbocycles. The molecule has 0 N–H and O–H groups in total. The monoisotopic (exact) mass is 316 g/mol. The molecular weight excluding hydrogens is 292 g/mol. The fraction of sp³-hybridized carbons (Fsp3) is 0.474. The lowest BCUT2D eigenvalue weighted by molar-refractivity contribution is 0.185. The Hall–Kier alpha value is -1.78. The van der Waals surface area contributed by atoms with E-state index < -0.39 is 0 Å². The zero-order chi connectivity index (χ0) is 16.1. The van der Waals surface area contributed by atoms with Crippen molar-refractivity contribution >= 4 is 0 Å². The van der Waals surface area contributed by atoms with Gasteiger partial charge in [-0.15, -0.1) is 0 Å². The van der Waals surface area contributed by atoms with Crippen LogP contribution in [0.2, 0.25) is 0 Å². The SMILES string of the molecule is C/C(=C\C=C(/C)OCC1CO1)Cc1ccc(OCC2CO2)cc1. The molecule has 2 fully saturated rings. The van der Waals surface area contributed by atoms with Gasteiger partial charge in [0.15, 0.2) is 0 Å². The maximum atomic E-state index is 5.64. The first kappa shape index (κ1) is 16.1. The summed E-state index contributed by atoms with van der Waals surface area (Å²) in [5, 5.41) is 0. The van der Waals surface area contributed by atoms with Gasteiger partial charge in [-0.05, 0) is 44.0 Å². The van der Waals surface area contributed by atoms with Gasteiger partial charge in [-0.1, -0.05) is 23.8 Å². The molecule has 4 heteroatoms. The van der Waals surface area contributed by atoms with Crippen molar-refractivity contribution in [2.45, 2.75) is 32.5 Å². The first-order valence-electron chi connectivity index (χ1n) is 8.11. The summed E-state index contributed by atoms with van der Waals surface area (Å²) in [6, 6.07) is 8.26. The Morgan fingerprint density at radius 3 is 2.35 bits per heavy atom. The predicted octanol–water partition coefficient (Wildman–Crippen LogP) is 3.27. The molecule has 2 aliphatic rings. The van der Waals surface area contributed by atoms with Gasteiger partial charge in [0.25, 0.3) is 0 Å². The van der Waals surface area contributed by atoms with E-state index >= 15 is 0 Å². The van der Waals surface area contributed by atoms with E-state index in [9.17, 15) is 0 Å². The third kappa shape index (κ3) is 6.08. The zero-order valence-electron chi connectivity index (χ0n) is 13.8. The number of epoxide rings is 2. The Balaban J connectivity index is 1.44. The second-order valence-electron chi connectivity index (χ2n) is 6.14. The molecule has 2 aliphatic heterocycles. The second-order valence-corrected chi connectivity index (χ2v) is 6.14. The van der Waals surface area contributed by atoms with Gasteiger partial charge in [0.05, 0.1) is 19.0 Å². The van der Waals surface area contributed by atoms with E-state index in [1.54, 1.807) is 0 Å². The summed E-state index contributed by atoms with van der Waals surface area (Å²) in [5.41, 5.74) is 2.56. The number of hydrogen-bond donors (Lipinski definition) is 0. The summed E-state index contributed by atoms with van der Waals surface area (Å²) in [6.07, 6.45) is 5.64. The molecule has 1 aromatic rings. The summed E-state index contributed by atoms with van der Waals surface area (Å²) < 4.78 is 21.5. The van der Waals surface area contributed by atoms with E-state index in [-0.39, 0.29) is 0 Å². The van der Waals surface area contributed by atoms with E-state index in [1.807, 2.05) is 25.1 Å². The highest BCUT2D eigenvalue weighted by atomic mass is 16.6. The Morgan fingerprint density at radius 1 is 1.04 bits per heavy atom. The molecule has 23 heavy (non-hydrogen) atoms. The Bertz CT molecular complexity index is 566. The standard InChI is InChI=1S/C19H24O4/c1-14(3-4-15(2)20-10-18-12-22-18)9-16-5-7-17(8-6-16)21-11-19-13-23-19/h3-8,18-19H,9-13H2,1-2H3/b14-3+,15-4+. The van der Waals surface area contributed by atoms with Crippen LogP contribution in [0, 0.1) is 0 Å². The van der Waals surface area contributed by atoms with Gasteiger partial charge >= 0.3 is 0 Å². The molecule has 4 nitrogen and oxygen atoms in total. The summed E-state index contributed by atoms with van der Waals surface area (Å²) in [4.78, 5) is 0. The van der Waals surface area contributed by atoms with E-state index in [0.29, 0.717) is 25.4 Å². The van der Waals surface area contributed by atoms with Gasteiger partial charge in [0.1, 0.15) is 31.2 Å². The molecule has 3 rings (SSSR count). The summed E-state index contributed by atoms with van der Waals surface area (Å²) in [5.74, 6) is 1.82. The van der Waals surface area contributed by atoms with Crippen LogP contribution in [-0.2, 0) is 20.6 Å².